The molecule has 1 N–H and O–H groups in total. The van der Waals surface area contributed by atoms with Gasteiger partial charge in [0.25, 0.3) is 0 Å². The average molecular weight is 467 g/mol. The predicted octanol–water partition coefficient (Wildman–Crippen LogP) is 8.14. The first-order valence-electron chi connectivity index (χ1n) is 13.0. The molecular formula is C29H42N2O3. The zero-order valence-electron chi connectivity index (χ0n) is 21.2. The van der Waals surface area contributed by atoms with Crippen molar-refractivity contribution in [3.8, 4) is 5.75 Å². The number of ketones is 1. The maximum atomic E-state index is 11.9. The Labute approximate surface area is 205 Å². The van der Waals surface area contributed by atoms with Crippen molar-refractivity contribution in [1.29, 1.82) is 0 Å². The van der Waals surface area contributed by atoms with E-state index >= 15 is 0 Å². The Balaban J connectivity index is 1.65. The zero-order chi connectivity index (χ0) is 24.6. The molecule has 0 saturated carbocycles. The van der Waals surface area contributed by atoms with Gasteiger partial charge in [0.2, 0.25) is 0 Å². The first kappa shape index (κ1) is 27.7. The summed E-state index contributed by atoms with van der Waals surface area (Å²) in [5.74, 6) is 0.704. The number of rotatable bonds is 17. The summed E-state index contributed by atoms with van der Waals surface area (Å²) in [7, 11) is 0. The number of aliphatic hydroxyl groups is 1. The third-order valence-corrected chi connectivity index (χ3v) is 6.19. The quantitative estimate of drug-likeness (QED) is 0.189. The SMILES string of the molecule is CCCCCCc1ccc(/N=N/c2ccc(OCCCCCC(O)C(=O)C(C)CC)cc2)cc1. The molecule has 2 rings (SSSR count). The molecule has 0 amide bonds. The van der Waals surface area contributed by atoms with E-state index in [9.17, 15) is 9.90 Å². The van der Waals surface area contributed by atoms with Crippen molar-refractivity contribution in [2.75, 3.05) is 6.61 Å². The summed E-state index contributed by atoms with van der Waals surface area (Å²) in [5.41, 5.74) is 3.00. The number of benzene rings is 2. The van der Waals surface area contributed by atoms with Crippen molar-refractivity contribution < 1.29 is 14.6 Å². The summed E-state index contributed by atoms with van der Waals surface area (Å²) in [4.78, 5) is 11.9. The average Bonchev–Trinajstić information content (AvgIpc) is 2.87. The fourth-order valence-corrected chi connectivity index (χ4v) is 3.69. The van der Waals surface area contributed by atoms with Crippen LogP contribution in [0, 0.1) is 5.92 Å². The molecule has 0 heterocycles. The van der Waals surface area contributed by atoms with Crippen LogP contribution in [0.15, 0.2) is 58.8 Å². The molecule has 2 aromatic rings. The molecule has 0 fully saturated rings. The highest BCUT2D eigenvalue weighted by molar-refractivity contribution is 5.84. The molecular weight excluding hydrogens is 424 g/mol. The monoisotopic (exact) mass is 466 g/mol. The number of carbonyl (C=O) groups is 1. The molecule has 0 spiro atoms. The number of azo groups is 1. The van der Waals surface area contributed by atoms with Crippen LogP contribution >= 0.6 is 0 Å². The summed E-state index contributed by atoms with van der Waals surface area (Å²) in [5, 5.41) is 18.6. The van der Waals surface area contributed by atoms with Crippen LogP contribution in [0.3, 0.4) is 0 Å². The number of hydrogen-bond donors (Lipinski definition) is 1. The fraction of sp³-hybridized carbons (Fsp3) is 0.552. The summed E-state index contributed by atoms with van der Waals surface area (Å²) in [6.07, 6.45) is 9.35. The van der Waals surface area contributed by atoms with Crippen molar-refractivity contribution in [3.63, 3.8) is 0 Å². The molecule has 34 heavy (non-hydrogen) atoms. The van der Waals surface area contributed by atoms with E-state index in [1.54, 1.807) is 0 Å². The Morgan fingerprint density at radius 1 is 0.853 bits per heavy atom. The van der Waals surface area contributed by atoms with E-state index in [2.05, 4.69) is 29.3 Å². The minimum absolute atomic E-state index is 0.0363. The summed E-state index contributed by atoms with van der Waals surface area (Å²) >= 11 is 0. The molecule has 0 aliphatic carbocycles. The molecule has 2 atom stereocenters. The third-order valence-electron chi connectivity index (χ3n) is 6.19. The number of nitrogens with zero attached hydrogens (tertiary/aromatic N) is 2. The van der Waals surface area contributed by atoms with Gasteiger partial charge >= 0.3 is 0 Å². The second-order valence-corrected chi connectivity index (χ2v) is 9.10. The number of ether oxygens (including phenoxy) is 1. The van der Waals surface area contributed by atoms with Crippen LogP contribution in [0.1, 0.15) is 84.1 Å². The smallest absolute Gasteiger partial charge is 0.164 e. The lowest BCUT2D eigenvalue weighted by Gasteiger charge is -2.13. The Hall–Kier alpha value is -2.53. The number of Topliss-reactive ketones (excluding diaryl/α,β-unsaturated/α-hetero) is 1. The molecule has 0 saturated heterocycles. The predicted molar refractivity (Wildman–Crippen MR) is 139 cm³/mol. The lowest BCUT2D eigenvalue weighted by Crippen LogP contribution is -2.26. The second-order valence-electron chi connectivity index (χ2n) is 9.10. The lowest BCUT2D eigenvalue weighted by molar-refractivity contribution is -0.131. The van der Waals surface area contributed by atoms with Gasteiger partial charge in [0.05, 0.1) is 18.0 Å². The topological polar surface area (TPSA) is 71.2 Å². The zero-order valence-corrected chi connectivity index (χ0v) is 21.2. The minimum Gasteiger partial charge on any atom is -0.494 e. The van der Waals surface area contributed by atoms with E-state index < -0.39 is 6.10 Å². The fourth-order valence-electron chi connectivity index (χ4n) is 3.69. The molecule has 0 bridgehead atoms. The van der Waals surface area contributed by atoms with Gasteiger partial charge in [0.15, 0.2) is 5.78 Å². The van der Waals surface area contributed by atoms with Gasteiger partial charge in [0, 0.05) is 5.92 Å². The van der Waals surface area contributed by atoms with E-state index in [-0.39, 0.29) is 11.7 Å². The van der Waals surface area contributed by atoms with E-state index in [1.165, 1.54) is 31.2 Å². The van der Waals surface area contributed by atoms with Crippen LogP contribution in [0.2, 0.25) is 0 Å². The summed E-state index contributed by atoms with van der Waals surface area (Å²) in [6, 6.07) is 15.9. The Kier molecular flexibility index (Phi) is 13.2. The Morgan fingerprint density at radius 3 is 2.09 bits per heavy atom. The molecule has 5 heteroatoms. The molecule has 186 valence electrons. The highest BCUT2D eigenvalue weighted by atomic mass is 16.5. The van der Waals surface area contributed by atoms with Gasteiger partial charge in [-0.3, -0.25) is 4.79 Å². The van der Waals surface area contributed by atoms with Gasteiger partial charge < -0.3 is 9.84 Å². The number of unbranched alkanes of at least 4 members (excludes halogenated alkanes) is 5. The number of hydrogen-bond acceptors (Lipinski definition) is 5. The normalized spacial score (nSPS) is 13.2. The van der Waals surface area contributed by atoms with Crippen LogP contribution in [-0.4, -0.2) is 23.6 Å². The van der Waals surface area contributed by atoms with Crippen LogP contribution in [0.4, 0.5) is 11.4 Å². The minimum atomic E-state index is -0.828. The van der Waals surface area contributed by atoms with E-state index in [0.29, 0.717) is 13.0 Å². The second kappa shape index (κ2) is 16.2. The van der Waals surface area contributed by atoms with Gasteiger partial charge in [-0.1, -0.05) is 58.6 Å². The third kappa shape index (κ3) is 10.6. The van der Waals surface area contributed by atoms with Crippen LogP contribution in [0.25, 0.3) is 0 Å². The van der Waals surface area contributed by atoms with Crippen molar-refractivity contribution >= 4 is 17.2 Å². The number of aliphatic hydroxyl groups excluding tert-OH is 1. The molecule has 2 unspecified atom stereocenters. The maximum Gasteiger partial charge on any atom is 0.164 e. The molecule has 0 aromatic heterocycles. The van der Waals surface area contributed by atoms with Crippen LogP contribution < -0.4 is 4.74 Å². The van der Waals surface area contributed by atoms with Gasteiger partial charge in [-0.05, 0) is 80.5 Å². The number of aryl methyl sites for hydroxylation is 1. The summed E-state index contributed by atoms with van der Waals surface area (Å²) in [6.45, 7) is 6.69. The van der Waals surface area contributed by atoms with Crippen LogP contribution in [0.5, 0.6) is 5.75 Å². The van der Waals surface area contributed by atoms with Gasteiger partial charge in [-0.15, -0.1) is 0 Å². The van der Waals surface area contributed by atoms with Crippen molar-refractivity contribution in [3.05, 3.63) is 54.1 Å². The molecule has 0 radical (unpaired) electrons. The molecule has 5 nitrogen and oxygen atoms in total. The number of carbonyl (C=O) groups excluding carboxylic acids is 1. The highest BCUT2D eigenvalue weighted by Crippen LogP contribution is 2.22. The van der Waals surface area contributed by atoms with Gasteiger partial charge in [-0.2, -0.15) is 10.2 Å². The highest BCUT2D eigenvalue weighted by Gasteiger charge is 2.19. The Bertz CT molecular complexity index is 847. The first-order chi connectivity index (χ1) is 16.5. The van der Waals surface area contributed by atoms with E-state index in [4.69, 9.17) is 4.74 Å². The Morgan fingerprint density at radius 2 is 1.47 bits per heavy atom. The lowest BCUT2D eigenvalue weighted by atomic mass is 9.96. The van der Waals surface area contributed by atoms with Crippen molar-refractivity contribution in [2.24, 2.45) is 16.1 Å². The van der Waals surface area contributed by atoms with E-state index in [1.807, 2.05) is 50.2 Å². The molecule has 2 aromatic carbocycles. The summed E-state index contributed by atoms with van der Waals surface area (Å²) < 4.78 is 5.79. The molecule has 0 aliphatic rings. The molecule has 0 aliphatic heterocycles. The van der Waals surface area contributed by atoms with Crippen molar-refractivity contribution in [1.82, 2.24) is 0 Å². The van der Waals surface area contributed by atoms with E-state index in [0.717, 1.165) is 49.2 Å². The van der Waals surface area contributed by atoms with Crippen molar-refractivity contribution in [2.45, 2.75) is 91.1 Å². The first-order valence-corrected chi connectivity index (χ1v) is 13.0. The van der Waals surface area contributed by atoms with Crippen LogP contribution in [-0.2, 0) is 11.2 Å². The van der Waals surface area contributed by atoms with Gasteiger partial charge in [0.1, 0.15) is 11.9 Å². The standard InChI is InChI=1S/C29H42N2O3/c1-4-6-7-9-12-24-14-16-25(17-15-24)30-31-26-18-20-27(21-19-26)34-22-11-8-10-13-28(32)29(33)23(3)5-2/h14-21,23,28,32H,4-13,22H2,1-3H3/b31-30+. The largest absolute Gasteiger partial charge is 0.494 e. The maximum absolute atomic E-state index is 11.9. The van der Waals surface area contributed by atoms with Gasteiger partial charge in [-0.25, -0.2) is 0 Å².